The van der Waals surface area contributed by atoms with Crippen LogP contribution in [0.25, 0.3) is 0 Å². The third-order valence-electron chi connectivity index (χ3n) is 12.2. The van der Waals surface area contributed by atoms with E-state index in [1.165, 1.54) is 0 Å². The van der Waals surface area contributed by atoms with Gasteiger partial charge in [-0.3, -0.25) is 4.79 Å². The van der Waals surface area contributed by atoms with Crippen LogP contribution in [0.1, 0.15) is 93.9 Å². The quantitative estimate of drug-likeness (QED) is 0.231. The summed E-state index contributed by atoms with van der Waals surface area (Å²) in [6, 6.07) is 0. The minimum Gasteiger partial charge on any atom is -0.462 e. The second-order valence-corrected chi connectivity index (χ2v) is 16.1. The van der Waals surface area contributed by atoms with Crippen LogP contribution in [0.3, 0.4) is 0 Å². The summed E-state index contributed by atoms with van der Waals surface area (Å²) < 4.78 is 44.3. The molecule has 0 aromatic carbocycles. The number of methoxy groups -OCH3 is 2. The van der Waals surface area contributed by atoms with Crippen molar-refractivity contribution in [3.63, 3.8) is 0 Å². The first-order chi connectivity index (χ1) is 24.6. The molecule has 10 heteroatoms. The summed E-state index contributed by atoms with van der Waals surface area (Å²) in [5.41, 5.74) is 0.982. The van der Waals surface area contributed by atoms with Crippen LogP contribution in [0, 0.1) is 23.7 Å². The fourth-order valence-corrected chi connectivity index (χ4v) is 8.59. The van der Waals surface area contributed by atoms with Gasteiger partial charge in [0.2, 0.25) is 0 Å². The van der Waals surface area contributed by atoms with Crippen LogP contribution in [0.5, 0.6) is 0 Å². The highest BCUT2D eigenvalue weighted by atomic mass is 16.7. The Morgan fingerprint density at radius 2 is 1.73 bits per heavy atom. The number of hydrogen-bond donors (Lipinski definition) is 2. The van der Waals surface area contributed by atoms with Crippen molar-refractivity contribution in [2.75, 3.05) is 14.2 Å². The maximum atomic E-state index is 14.2. The Balaban J connectivity index is 1.54. The number of esters is 1. The van der Waals surface area contributed by atoms with Gasteiger partial charge in [0.05, 0.1) is 36.6 Å². The highest BCUT2D eigenvalue weighted by Gasteiger charge is 2.51. The van der Waals surface area contributed by atoms with E-state index in [1.807, 2.05) is 51.2 Å². The Kier molecular flexibility index (Phi) is 13.5. The standard InChI is InChI=1S/C42H64O10/c1-11-24(2)39-27(5)17-18-41(52-39)22-32-20-31(51-41)16-15-26(4)38(50-36-21-34(46-9)37(43)30(8)48-36)25(3)13-12-14-29(7)42(45)23-35(47-10)28(6)19-33(42)40(44)49-32/h12-15,17-19,24-25,27,30-39,43,45H,11,16,20-23H2,1-10H3/b13-12+,26-15+,29-14+. The van der Waals surface area contributed by atoms with Gasteiger partial charge in [-0.15, -0.1) is 0 Å². The molecule has 1 aliphatic carbocycles. The average molecular weight is 729 g/mol. The van der Waals surface area contributed by atoms with Crippen molar-refractivity contribution in [1.29, 1.82) is 0 Å². The zero-order chi connectivity index (χ0) is 38.0. The van der Waals surface area contributed by atoms with Gasteiger partial charge in [-0.1, -0.05) is 70.6 Å². The smallest absolute Gasteiger partial charge is 0.316 e. The fourth-order valence-electron chi connectivity index (χ4n) is 8.59. The Morgan fingerprint density at radius 3 is 2.42 bits per heavy atom. The van der Waals surface area contributed by atoms with Gasteiger partial charge in [0, 0.05) is 51.7 Å². The van der Waals surface area contributed by atoms with Gasteiger partial charge < -0.3 is 43.4 Å². The molecule has 0 saturated carbocycles. The molecule has 0 aromatic heterocycles. The Labute approximate surface area is 311 Å². The van der Waals surface area contributed by atoms with E-state index in [4.69, 9.17) is 33.2 Å². The fraction of sp³-hybridized carbons (Fsp3) is 0.738. The van der Waals surface area contributed by atoms with Crippen LogP contribution in [0.15, 0.2) is 59.3 Å². The summed E-state index contributed by atoms with van der Waals surface area (Å²) in [7, 11) is 3.21. The van der Waals surface area contributed by atoms with Gasteiger partial charge in [-0.2, -0.15) is 0 Å². The number of rotatable bonds is 6. The molecule has 0 aromatic rings. The molecule has 15 atom stereocenters. The summed E-state index contributed by atoms with van der Waals surface area (Å²) in [4.78, 5) is 14.2. The number of hydrogen-bond acceptors (Lipinski definition) is 10. The monoisotopic (exact) mass is 728 g/mol. The lowest BCUT2D eigenvalue weighted by atomic mass is 9.71. The zero-order valence-corrected chi connectivity index (χ0v) is 33.0. The topological polar surface area (TPSA) is 122 Å². The van der Waals surface area contributed by atoms with Crippen molar-refractivity contribution in [2.45, 2.75) is 160 Å². The summed E-state index contributed by atoms with van der Waals surface area (Å²) in [5.74, 6) is -2.04. The maximum absolute atomic E-state index is 14.2. The molecule has 0 amide bonds. The number of aliphatic hydroxyl groups is 2. The Morgan fingerprint density at radius 1 is 0.981 bits per heavy atom. The largest absolute Gasteiger partial charge is 0.462 e. The van der Waals surface area contributed by atoms with E-state index in [1.54, 1.807) is 14.2 Å². The van der Waals surface area contributed by atoms with Gasteiger partial charge in [0.15, 0.2) is 12.1 Å². The molecule has 5 rings (SSSR count). The Hall–Kier alpha value is -2.15. The molecular weight excluding hydrogens is 664 g/mol. The third kappa shape index (κ3) is 8.86. The van der Waals surface area contributed by atoms with Crippen molar-refractivity contribution in [3.05, 3.63) is 59.3 Å². The van der Waals surface area contributed by atoms with Crippen LogP contribution in [0.4, 0.5) is 0 Å². The highest BCUT2D eigenvalue weighted by molar-refractivity contribution is 5.78. The first kappa shape index (κ1) is 41.0. The molecule has 4 heterocycles. The minimum atomic E-state index is -1.53. The Bertz CT molecular complexity index is 1400. The van der Waals surface area contributed by atoms with Crippen molar-refractivity contribution >= 4 is 5.97 Å². The molecule has 2 saturated heterocycles. The highest BCUT2D eigenvalue weighted by Crippen LogP contribution is 2.44. The molecule has 2 N–H and O–H groups in total. The second kappa shape index (κ2) is 17.1. The molecule has 15 unspecified atom stereocenters. The molecule has 5 aliphatic rings. The SMILES string of the molecule is CCC(C)C1OC2(C=CC1C)CC1CC(C/C=C(\C)C(OC3CC(OC)C(O)C(C)O3)C(C)/C=C/C=C(\C)C3(O)CC(OC)C(C)=CC3C(=O)O1)O2. The van der Waals surface area contributed by atoms with Crippen molar-refractivity contribution in [3.8, 4) is 0 Å². The van der Waals surface area contributed by atoms with Crippen LogP contribution in [-0.4, -0.2) is 96.9 Å². The van der Waals surface area contributed by atoms with Gasteiger partial charge in [0.25, 0.3) is 0 Å². The number of carbonyl (C=O) groups is 1. The summed E-state index contributed by atoms with van der Waals surface area (Å²) >= 11 is 0. The summed E-state index contributed by atoms with van der Waals surface area (Å²) in [5, 5.41) is 23.0. The van der Waals surface area contributed by atoms with Crippen LogP contribution in [-0.2, 0) is 38.0 Å². The second-order valence-electron chi connectivity index (χ2n) is 16.1. The van der Waals surface area contributed by atoms with Gasteiger partial charge >= 0.3 is 5.97 Å². The van der Waals surface area contributed by atoms with Crippen molar-refractivity contribution in [1.82, 2.24) is 0 Å². The first-order valence-corrected chi connectivity index (χ1v) is 19.4. The molecule has 0 radical (unpaired) electrons. The van der Waals surface area contributed by atoms with Gasteiger partial charge in [-0.05, 0) is 62.8 Å². The van der Waals surface area contributed by atoms with E-state index < -0.39 is 54.0 Å². The number of carbonyl (C=O) groups excluding carboxylic acids is 1. The summed E-state index contributed by atoms with van der Waals surface area (Å²) in [6.07, 6.45) is 13.1. The number of ether oxygens (including phenoxy) is 7. The lowest BCUT2D eigenvalue weighted by Gasteiger charge is -2.48. The molecule has 52 heavy (non-hydrogen) atoms. The average Bonchev–Trinajstić information content (AvgIpc) is 3.11. The lowest BCUT2D eigenvalue weighted by molar-refractivity contribution is -0.300. The molecule has 2 bridgehead atoms. The molecule has 2 fully saturated rings. The molecule has 292 valence electrons. The molecule has 1 spiro atoms. The van der Waals surface area contributed by atoms with Gasteiger partial charge in [0.1, 0.15) is 23.7 Å². The van der Waals surface area contributed by atoms with Crippen LogP contribution >= 0.6 is 0 Å². The van der Waals surface area contributed by atoms with E-state index in [0.717, 1.165) is 17.6 Å². The zero-order valence-electron chi connectivity index (χ0n) is 33.0. The van der Waals surface area contributed by atoms with Crippen molar-refractivity contribution in [2.24, 2.45) is 23.7 Å². The number of fused-ring (bicyclic) bond motifs is 3. The maximum Gasteiger partial charge on any atom is 0.316 e. The number of allylic oxidation sites excluding steroid dienone is 2. The van der Waals surface area contributed by atoms with E-state index in [2.05, 4.69) is 46.8 Å². The third-order valence-corrected chi connectivity index (χ3v) is 12.2. The van der Waals surface area contributed by atoms with E-state index in [-0.39, 0.29) is 42.7 Å². The molecular formula is C42H64O10. The molecule has 10 nitrogen and oxygen atoms in total. The van der Waals surface area contributed by atoms with E-state index in [9.17, 15) is 15.0 Å². The lowest BCUT2D eigenvalue weighted by Crippen LogP contribution is -2.54. The minimum absolute atomic E-state index is 0.0502. The van der Waals surface area contributed by atoms with Crippen LogP contribution < -0.4 is 0 Å². The first-order valence-electron chi connectivity index (χ1n) is 19.4. The normalized spacial score (nSPS) is 46.5. The van der Waals surface area contributed by atoms with Crippen LogP contribution in [0.2, 0.25) is 0 Å². The predicted octanol–water partition coefficient (Wildman–Crippen LogP) is 6.51. The van der Waals surface area contributed by atoms with E-state index >= 15 is 0 Å². The molecule has 4 aliphatic heterocycles. The van der Waals surface area contributed by atoms with Crippen molar-refractivity contribution < 1.29 is 48.2 Å². The predicted molar refractivity (Wildman–Crippen MR) is 198 cm³/mol. The summed E-state index contributed by atoms with van der Waals surface area (Å²) in [6.45, 7) is 16.3. The van der Waals surface area contributed by atoms with Gasteiger partial charge in [-0.25, -0.2) is 0 Å². The van der Waals surface area contributed by atoms with E-state index in [0.29, 0.717) is 37.2 Å². The number of aliphatic hydroxyl groups excluding tert-OH is 1.